The maximum Gasteiger partial charge on any atom is 0.131 e. The number of aliphatic hydroxyl groups excluding tert-OH is 1. The summed E-state index contributed by atoms with van der Waals surface area (Å²) in [5, 5.41) is 12.9. The predicted molar refractivity (Wildman–Crippen MR) is 73.9 cm³/mol. The second-order valence-electron chi connectivity index (χ2n) is 4.74. The first-order chi connectivity index (χ1) is 9.33. The van der Waals surface area contributed by atoms with Crippen molar-refractivity contribution in [3.05, 3.63) is 65.2 Å². The van der Waals surface area contributed by atoms with Crippen molar-refractivity contribution < 1.29 is 9.84 Å². The largest absolute Gasteiger partial charge is 0.489 e. The minimum absolute atomic E-state index is 0.545. The lowest BCUT2D eigenvalue weighted by Crippen LogP contribution is -2.29. The first-order valence-electron chi connectivity index (χ1n) is 6.54. The van der Waals surface area contributed by atoms with Crippen LogP contribution in [-0.2, 0) is 13.0 Å². The molecule has 0 radical (unpaired) electrons. The number of hydrogen-bond donors (Lipinski definition) is 2. The van der Waals surface area contributed by atoms with Crippen molar-refractivity contribution in [3.8, 4) is 5.75 Å². The van der Waals surface area contributed by atoms with Crippen LogP contribution in [0.1, 0.15) is 22.9 Å². The Morgan fingerprint density at radius 1 is 1.16 bits per heavy atom. The maximum absolute atomic E-state index is 9.90. The predicted octanol–water partition coefficient (Wildman–Crippen LogP) is 2.40. The molecule has 0 aromatic heterocycles. The molecule has 0 saturated carbocycles. The highest BCUT2D eigenvalue weighted by Crippen LogP contribution is 2.26. The van der Waals surface area contributed by atoms with Crippen LogP contribution >= 0.6 is 0 Å². The van der Waals surface area contributed by atoms with Gasteiger partial charge in [0.2, 0.25) is 0 Å². The molecule has 0 saturated heterocycles. The molecule has 1 aliphatic heterocycles. The van der Waals surface area contributed by atoms with E-state index in [1.807, 2.05) is 48.5 Å². The average molecular weight is 255 g/mol. The topological polar surface area (TPSA) is 41.5 Å². The molecule has 0 fully saturated rings. The molecule has 3 rings (SSSR count). The fourth-order valence-electron chi connectivity index (χ4n) is 2.34. The summed E-state index contributed by atoms with van der Waals surface area (Å²) < 4.78 is 5.77. The maximum atomic E-state index is 9.90. The number of ether oxygens (including phenoxy) is 1. The molecule has 0 spiro atoms. The summed E-state index contributed by atoms with van der Waals surface area (Å²) in [7, 11) is 0. The van der Waals surface area contributed by atoms with Gasteiger partial charge in [0, 0.05) is 12.1 Å². The second kappa shape index (κ2) is 5.43. The smallest absolute Gasteiger partial charge is 0.131 e. The van der Waals surface area contributed by atoms with Gasteiger partial charge in [-0.25, -0.2) is 0 Å². The number of benzene rings is 2. The Labute approximate surface area is 112 Å². The van der Waals surface area contributed by atoms with E-state index in [0.29, 0.717) is 6.61 Å². The van der Waals surface area contributed by atoms with E-state index in [9.17, 15) is 5.11 Å². The van der Waals surface area contributed by atoms with Gasteiger partial charge in [0.25, 0.3) is 0 Å². The third kappa shape index (κ3) is 2.78. The molecular weight excluding hydrogens is 238 g/mol. The lowest BCUT2D eigenvalue weighted by atomic mass is 9.99. The van der Waals surface area contributed by atoms with Crippen molar-refractivity contribution in [1.82, 2.24) is 5.32 Å². The molecule has 2 aromatic rings. The second-order valence-corrected chi connectivity index (χ2v) is 4.74. The van der Waals surface area contributed by atoms with Crippen molar-refractivity contribution in [2.75, 3.05) is 6.54 Å². The van der Waals surface area contributed by atoms with Gasteiger partial charge in [0.15, 0.2) is 0 Å². The van der Waals surface area contributed by atoms with Gasteiger partial charge >= 0.3 is 0 Å². The Morgan fingerprint density at radius 3 is 2.84 bits per heavy atom. The minimum atomic E-state index is -0.580. The number of fused-ring (bicyclic) bond motifs is 1. The average Bonchev–Trinajstić information content (AvgIpc) is 2.47. The summed E-state index contributed by atoms with van der Waals surface area (Å²) in [6.07, 6.45) is 0.370. The fraction of sp³-hybridized carbons (Fsp3) is 0.250. The highest BCUT2D eigenvalue weighted by Gasteiger charge is 2.17. The Kier molecular flexibility index (Phi) is 3.49. The van der Waals surface area contributed by atoms with Crippen LogP contribution in [0.25, 0.3) is 0 Å². The standard InChI is InChI=1S/C16H17NO2/c18-16-15-10-14(7-6-13(15)8-9-17-16)19-11-12-4-2-1-3-5-12/h1-7,10,16-18H,8-9,11H2. The number of nitrogens with one attached hydrogen (secondary N) is 1. The van der Waals surface area contributed by atoms with E-state index in [-0.39, 0.29) is 0 Å². The highest BCUT2D eigenvalue weighted by atomic mass is 16.5. The quantitative estimate of drug-likeness (QED) is 0.885. The van der Waals surface area contributed by atoms with Gasteiger partial charge in [-0.1, -0.05) is 36.4 Å². The Bertz CT molecular complexity index is 554. The SMILES string of the molecule is OC1NCCc2ccc(OCc3ccccc3)cc21. The van der Waals surface area contributed by atoms with E-state index >= 15 is 0 Å². The summed E-state index contributed by atoms with van der Waals surface area (Å²) in [4.78, 5) is 0. The van der Waals surface area contributed by atoms with Crippen molar-refractivity contribution >= 4 is 0 Å². The van der Waals surface area contributed by atoms with Crippen LogP contribution in [0.5, 0.6) is 5.75 Å². The molecule has 0 bridgehead atoms. The number of rotatable bonds is 3. The molecular formula is C16H17NO2. The lowest BCUT2D eigenvalue weighted by Gasteiger charge is -2.23. The summed E-state index contributed by atoms with van der Waals surface area (Å²) in [5.41, 5.74) is 3.26. The minimum Gasteiger partial charge on any atom is -0.489 e. The summed E-state index contributed by atoms with van der Waals surface area (Å²) in [6.45, 7) is 1.36. The van der Waals surface area contributed by atoms with E-state index in [2.05, 4.69) is 5.32 Å². The van der Waals surface area contributed by atoms with Gasteiger partial charge in [0.1, 0.15) is 18.6 Å². The van der Waals surface area contributed by atoms with Gasteiger partial charge in [0.05, 0.1) is 0 Å². The van der Waals surface area contributed by atoms with E-state index in [4.69, 9.17) is 4.74 Å². The molecule has 3 heteroatoms. The van der Waals surface area contributed by atoms with Crippen LogP contribution in [-0.4, -0.2) is 11.7 Å². The van der Waals surface area contributed by atoms with Crippen molar-refractivity contribution in [1.29, 1.82) is 0 Å². The van der Waals surface area contributed by atoms with Crippen LogP contribution in [0.2, 0.25) is 0 Å². The highest BCUT2D eigenvalue weighted by molar-refractivity contribution is 5.38. The third-order valence-electron chi connectivity index (χ3n) is 3.39. The normalized spacial score (nSPS) is 17.8. The Hall–Kier alpha value is -1.84. The molecule has 2 aromatic carbocycles. The molecule has 2 N–H and O–H groups in total. The lowest BCUT2D eigenvalue weighted by molar-refractivity contribution is 0.131. The molecule has 1 atom stereocenters. The zero-order chi connectivity index (χ0) is 13.1. The fourth-order valence-corrected chi connectivity index (χ4v) is 2.34. The Balaban J connectivity index is 1.74. The van der Waals surface area contributed by atoms with Crippen LogP contribution in [0.3, 0.4) is 0 Å². The molecule has 19 heavy (non-hydrogen) atoms. The van der Waals surface area contributed by atoms with Gasteiger partial charge in [-0.2, -0.15) is 0 Å². The summed E-state index contributed by atoms with van der Waals surface area (Å²) in [5.74, 6) is 0.797. The zero-order valence-electron chi connectivity index (χ0n) is 10.7. The van der Waals surface area contributed by atoms with Gasteiger partial charge < -0.3 is 9.84 Å². The molecule has 1 unspecified atom stereocenters. The molecule has 98 valence electrons. The van der Waals surface area contributed by atoms with Crippen LogP contribution < -0.4 is 10.1 Å². The summed E-state index contributed by atoms with van der Waals surface area (Å²) >= 11 is 0. The number of hydrogen-bond acceptors (Lipinski definition) is 3. The van der Waals surface area contributed by atoms with Gasteiger partial charge in [-0.15, -0.1) is 0 Å². The molecule has 0 aliphatic carbocycles. The van der Waals surface area contributed by atoms with Crippen molar-refractivity contribution in [3.63, 3.8) is 0 Å². The molecule has 1 heterocycles. The molecule has 1 aliphatic rings. The van der Waals surface area contributed by atoms with Crippen LogP contribution in [0, 0.1) is 0 Å². The van der Waals surface area contributed by atoms with Crippen LogP contribution in [0.4, 0.5) is 0 Å². The molecule has 3 nitrogen and oxygen atoms in total. The van der Waals surface area contributed by atoms with E-state index in [0.717, 1.165) is 29.8 Å². The van der Waals surface area contributed by atoms with Gasteiger partial charge in [-0.05, 0) is 29.7 Å². The van der Waals surface area contributed by atoms with Crippen molar-refractivity contribution in [2.45, 2.75) is 19.3 Å². The molecule has 0 amide bonds. The van der Waals surface area contributed by atoms with E-state index in [1.165, 1.54) is 5.56 Å². The number of aliphatic hydroxyl groups is 1. The van der Waals surface area contributed by atoms with E-state index in [1.54, 1.807) is 0 Å². The van der Waals surface area contributed by atoms with Crippen molar-refractivity contribution in [2.24, 2.45) is 0 Å². The van der Waals surface area contributed by atoms with Crippen LogP contribution in [0.15, 0.2) is 48.5 Å². The first-order valence-corrected chi connectivity index (χ1v) is 6.54. The monoisotopic (exact) mass is 255 g/mol. The summed E-state index contributed by atoms with van der Waals surface area (Å²) in [6, 6.07) is 16.0. The third-order valence-corrected chi connectivity index (χ3v) is 3.39. The first kappa shape index (κ1) is 12.2. The zero-order valence-corrected chi connectivity index (χ0v) is 10.7. The van der Waals surface area contributed by atoms with Gasteiger partial charge in [-0.3, -0.25) is 5.32 Å². The van der Waals surface area contributed by atoms with E-state index < -0.39 is 6.23 Å². The Morgan fingerprint density at radius 2 is 2.00 bits per heavy atom.